The number of fused-ring (bicyclic) bond motifs is 1. The molecule has 2 N–H and O–H groups in total. The third-order valence-electron chi connectivity index (χ3n) is 6.58. The van der Waals surface area contributed by atoms with Gasteiger partial charge in [-0.2, -0.15) is 5.10 Å². The molecule has 1 aliphatic rings. The maximum atomic E-state index is 13.4. The Hall–Kier alpha value is -4.31. The second-order valence-corrected chi connectivity index (χ2v) is 9.68. The lowest BCUT2D eigenvalue weighted by Crippen LogP contribution is -2.46. The van der Waals surface area contributed by atoms with Gasteiger partial charge in [0.1, 0.15) is 11.9 Å². The van der Waals surface area contributed by atoms with Crippen LogP contribution in [0.15, 0.2) is 54.9 Å². The Balaban J connectivity index is 1.33. The molecule has 194 valence electrons. The number of hydrogen-bond donors (Lipinski definition) is 2. The number of carbonyl (C=O) groups is 2. The van der Waals surface area contributed by atoms with Crippen molar-refractivity contribution in [1.29, 1.82) is 0 Å². The standard InChI is InChI=1S/C27H27ClN8O2/c1-15-6-5-7-22(31-15)16(2)32-25(37)17(3)36-14-19-9-8-18(12-20(19)26(36)38)24-21(28)13-29-27(34-24)33-23-10-11-30-35(23)4/h5-13,16-17H,14H2,1-4H3,(H,32,37)(H,29,33,34)/t16-,17-/m1/s1. The van der Waals surface area contributed by atoms with Gasteiger partial charge in [0.05, 0.1) is 34.8 Å². The van der Waals surface area contributed by atoms with Crippen LogP contribution < -0.4 is 10.6 Å². The molecule has 0 fully saturated rings. The van der Waals surface area contributed by atoms with Crippen molar-refractivity contribution in [2.24, 2.45) is 7.05 Å². The number of anilines is 2. The molecule has 0 bridgehead atoms. The molecule has 0 spiro atoms. The number of hydrogen-bond acceptors (Lipinski definition) is 7. The van der Waals surface area contributed by atoms with E-state index in [1.54, 1.807) is 41.9 Å². The molecule has 4 heterocycles. The number of benzene rings is 1. The molecule has 1 aliphatic heterocycles. The fourth-order valence-corrected chi connectivity index (χ4v) is 4.58. The van der Waals surface area contributed by atoms with E-state index in [2.05, 4.69) is 30.7 Å². The lowest BCUT2D eigenvalue weighted by molar-refractivity contribution is -0.125. The monoisotopic (exact) mass is 530 g/mol. The fourth-order valence-electron chi connectivity index (χ4n) is 4.38. The third-order valence-corrected chi connectivity index (χ3v) is 6.86. The molecule has 0 aliphatic carbocycles. The van der Waals surface area contributed by atoms with Crippen LogP contribution in [-0.4, -0.2) is 47.5 Å². The van der Waals surface area contributed by atoms with Gasteiger partial charge in [-0.3, -0.25) is 19.3 Å². The van der Waals surface area contributed by atoms with Crippen LogP contribution in [0.3, 0.4) is 0 Å². The van der Waals surface area contributed by atoms with Crippen molar-refractivity contribution in [1.82, 2.24) is 34.9 Å². The molecule has 38 heavy (non-hydrogen) atoms. The quantitative estimate of drug-likeness (QED) is 0.367. The van der Waals surface area contributed by atoms with Crippen LogP contribution in [0.5, 0.6) is 0 Å². The van der Waals surface area contributed by atoms with Crippen LogP contribution in [0.1, 0.15) is 47.2 Å². The maximum Gasteiger partial charge on any atom is 0.255 e. The molecule has 5 rings (SSSR count). The first kappa shape index (κ1) is 25.3. The maximum absolute atomic E-state index is 13.4. The Kier molecular flexibility index (Phi) is 6.81. The summed E-state index contributed by atoms with van der Waals surface area (Å²) in [5.41, 5.74) is 4.17. The summed E-state index contributed by atoms with van der Waals surface area (Å²) in [6, 6.07) is 12.0. The van der Waals surface area contributed by atoms with Crippen molar-refractivity contribution in [2.75, 3.05) is 5.32 Å². The third kappa shape index (κ3) is 4.95. The van der Waals surface area contributed by atoms with Crippen molar-refractivity contribution >= 4 is 35.2 Å². The summed E-state index contributed by atoms with van der Waals surface area (Å²) in [5, 5.41) is 10.6. The van der Waals surface area contributed by atoms with Gasteiger partial charge in [0.25, 0.3) is 5.91 Å². The summed E-state index contributed by atoms with van der Waals surface area (Å²) in [5.74, 6) is 0.609. The summed E-state index contributed by atoms with van der Waals surface area (Å²) in [6.45, 7) is 5.85. The van der Waals surface area contributed by atoms with Crippen LogP contribution in [0.2, 0.25) is 5.02 Å². The number of rotatable bonds is 7. The zero-order valence-corrected chi connectivity index (χ0v) is 22.2. The second kappa shape index (κ2) is 10.2. The molecule has 10 nitrogen and oxygen atoms in total. The van der Waals surface area contributed by atoms with Gasteiger partial charge in [-0.15, -0.1) is 0 Å². The molecule has 0 saturated heterocycles. The predicted octanol–water partition coefficient (Wildman–Crippen LogP) is 4.20. The Morgan fingerprint density at radius 3 is 2.68 bits per heavy atom. The minimum Gasteiger partial charge on any atom is -0.346 e. The van der Waals surface area contributed by atoms with Gasteiger partial charge >= 0.3 is 0 Å². The molecule has 1 aromatic carbocycles. The van der Waals surface area contributed by atoms with E-state index in [-0.39, 0.29) is 17.9 Å². The SMILES string of the molecule is Cc1cccc([C@@H](C)NC(=O)[C@@H](C)N2Cc3ccc(-c4nc(Nc5ccnn5C)ncc4Cl)cc3C2=O)n1. The molecule has 2 atom stereocenters. The van der Waals surface area contributed by atoms with Gasteiger partial charge in [0, 0.05) is 36.5 Å². The first-order chi connectivity index (χ1) is 18.2. The van der Waals surface area contributed by atoms with Crippen LogP contribution in [0, 0.1) is 6.92 Å². The minimum absolute atomic E-state index is 0.218. The normalized spacial score (nSPS) is 14.2. The molecule has 2 amide bonds. The average Bonchev–Trinajstić information content (AvgIpc) is 3.46. The fraction of sp³-hybridized carbons (Fsp3) is 0.259. The number of carbonyl (C=O) groups excluding carboxylic acids is 2. The predicted molar refractivity (Wildman–Crippen MR) is 144 cm³/mol. The summed E-state index contributed by atoms with van der Waals surface area (Å²) >= 11 is 6.44. The van der Waals surface area contributed by atoms with Gasteiger partial charge in [0.15, 0.2) is 0 Å². The summed E-state index contributed by atoms with van der Waals surface area (Å²) in [4.78, 5) is 41.3. The first-order valence-corrected chi connectivity index (χ1v) is 12.5. The Morgan fingerprint density at radius 2 is 1.95 bits per heavy atom. The van der Waals surface area contributed by atoms with Crippen LogP contribution in [0.4, 0.5) is 11.8 Å². The molecule has 4 aromatic rings. The molecule has 0 saturated carbocycles. The van der Waals surface area contributed by atoms with Crippen molar-refractivity contribution < 1.29 is 9.59 Å². The van der Waals surface area contributed by atoms with Crippen LogP contribution >= 0.6 is 11.6 Å². The highest BCUT2D eigenvalue weighted by Crippen LogP contribution is 2.32. The molecule has 3 aromatic heterocycles. The van der Waals surface area contributed by atoms with E-state index in [0.717, 1.165) is 22.8 Å². The van der Waals surface area contributed by atoms with E-state index in [1.807, 2.05) is 44.2 Å². The Bertz CT molecular complexity index is 1540. The topological polar surface area (TPSA) is 118 Å². The van der Waals surface area contributed by atoms with E-state index in [9.17, 15) is 9.59 Å². The lowest BCUT2D eigenvalue weighted by atomic mass is 10.0. The summed E-state index contributed by atoms with van der Waals surface area (Å²) < 4.78 is 1.66. The Labute approximate surface area is 225 Å². The zero-order valence-electron chi connectivity index (χ0n) is 21.4. The number of aryl methyl sites for hydroxylation is 2. The highest BCUT2D eigenvalue weighted by atomic mass is 35.5. The van der Waals surface area contributed by atoms with Gasteiger partial charge < -0.3 is 15.5 Å². The lowest BCUT2D eigenvalue weighted by Gasteiger charge is -2.25. The van der Waals surface area contributed by atoms with E-state index < -0.39 is 6.04 Å². The van der Waals surface area contributed by atoms with Crippen LogP contribution in [0.25, 0.3) is 11.3 Å². The van der Waals surface area contributed by atoms with Crippen molar-refractivity contribution in [3.05, 3.63) is 82.4 Å². The molecule has 0 radical (unpaired) electrons. The van der Waals surface area contributed by atoms with Crippen molar-refractivity contribution in [3.8, 4) is 11.3 Å². The summed E-state index contributed by atoms with van der Waals surface area (Å²) in [7, 11) is 1.80. The zero-order chi connectivity index (χ0) is 27.0. The van der Waals surface area contributed by atoms with E-state index in [4.69, 9.17) is 11.6 Å². The number of nitrogens with one attached hydrogen (secondary N) is 2. The highest BCUT2D eigenvalue weighted by Gasteiger charge is 2.34. The van der Waals surface area contributed by atoms with Crippen molar-refractivity contribution in [3.63, 3.8) is 0 Å². The van der Waals surface area contributed by atoms with Crippen molar-refractivity contribution in [2.45, 2.75) is 39.4 Å². The number of pyridine rings is 1. The van der Waals surface area contributed by atoms with E-state index in [0.29, 0.717) is 34.3 Å². The van der Waals surface area contributed by atoms with E-state index >= 15 is 0 Å². The summed E-state index contributed by atoms with van der Waals surface area (Å²) in [6.07, 6.45) is 3.18. The van der Waals surface area contributed by atoms with Crippen LogP contribution in [-0.2, 0) is 18.4 Å². The first-order valence-electron chi connectivity index (χ1n) is 12.2. The molecular weight excluding hydrogens is 504 g/mol. The Morgan fingerprint density at radius 1 is 1.13 bits per heavy atom. The van der Waals surface area contributed by atoms with Gasteiger partial charge in [0.2, 0.25) is 11.9 Å². The molecule has 0 unspecified atom stereocenters. The smallest absolute Gasteiger partial charge is 0.255 e. The average molecular weight is 531 g/mol. The second-order valence-electron chi connectivity index (χ2n) is 9.27. The van der Waals surface area contributed by atoms with Gasteiger partial charge in [-0.25, -0.2) is 9.97 Å². The number of amides is 2. The van der Waals surface area contributed by atoms with Gasteiger partial charge in [-0.05, 0) is 44.5 Å². The van der Waals surface area contributed by atoms with Gasteiger partial charge in [-0.1, -0.05) is 29.8 Å². The van der Waals surface area contributed by atoms with E-state index in [1.165, 1.54) is 6.20 Å². The largest absolute Gasteiger partial charge is 0.346 e. The molecule has 11 heteroatoms. The number of nitrogens with zero attached hydrogens (tertiary/aromatic N) is 6. The minimum atomic E-state index is -0.664. The number of halogens is 1. The highest BCUT2D eigenvalue weighted by molar-refractivity contribution is 6.33. The number of aromatic nitrogens is 5. The molecular formula is C27H27ClN8O2.